The average Bonchev–Trinajstić information content (AvgIpc) is 3.46. The van der Waals surface area contributed by atoms with Crippen molar-refractivity contribution in [2.45, 2.75) is 26.3 Å². The Morgan fingerprint density at radius 2 is 1.70 bits per heavy atom. The number of ketones is 1. The number of carbonyl (C=O) groups excluding carboxylic acids is 2. The molecule has 0 unspecified atom stereocenters. The first-order valence-corrected chi connectivity index (χ1v) is 12.8. The lowest BCUT2D eigenvalue weighted by atomic mass is 9.95. The van der Waals surface area contributed by atoms with Crippen LogP contribution in [0.5, 0.6) is 11.5 Å². The number of aliphatic hydroxyl groups excluding tert-OH is 1. The highest BCUT2D eigenvalue weighted by atomic mass is 32.1. The van der Waals surface area contributed by atoms with Crippen molar-refractivity contribution in [3.05, 3.63) is 89.0 Å². The van der Waals surface area contributed by atoms with Crippen LogP contribution < -0.4 is 14.4 Å². The fourth-order valence-corrected chi connectivity index (χ4v) is 5.50. The van der Waals surface area contributed by atoms with Crippen molar-refractivity contribution in [3.63, 3.8) is 0 Å². The van der Waals surface area contributed by atoms with Crippen LogP contribution >= 0.6 is 11.3 Å². The number of amides is 1. The first-order chi connectivity index (χ1) is 17.9. The molecule has 1 aliphatic rings. The van der Waals surface area contributed by atoms with E-state index in [1.807, 2.05) is 19.1 Å². The predicted molar refractivity (Wildman–Crippen MR) is 144 cm³/mol. The summed E-state index contributed by atoms with van der Waals surface area (Å²) in [5.74, 6) is -0.464. The molecule has 7 nitrogen and oxygen atoms in total. The maximum Gasteiger partial charge on any atom is 0.301 e. The molecule has 1 atom stereocenters. The molecule has 37 heavy (non-hydrogen) atoms. The molecule has 1 aromatic heterocycles. The van der Waals surface area contributed by atoms with Gasteiger partial charge in [-0.05, 0) is 73.0 Å². The van der Waals surface area contributed by atoms with Gasteiger partial charge < -0.3 is 14.6 Å². The second-order valence-corrected chi connectivity index (χ2v) is 9.56. The zero-order chi connectivity index (χ0) is 26.1. The van der Waals surface area contributed by atoms with Gasteiger partial charge in [0, 0.05) is 5.56 Å². The van der Waals surface area contributed by atoms with Gasteiger partial charge in [0.05, 0.1) is 35.5 Å². The van der Waals surface area contributed by atoms with Crippen molar-refractivity contribution in [2.75, 3.05) is 18.6 Å². The number of fused-ring (bicyclic) bond motifs is 1. The molecule has 1 fully saturated rings. The molecule has 0 saturated carbocycles. The van der Waals surface area contributed by atoms with Crippen molar-refractivity contribution in [3.8, 4) is 11.5 Å². The SMILES string of the molecule is CCOc1ccc(/C(O)=C2\C(=O)C(=O)N(c3nc4ccc(CC)cc4s3)[C@H]2c2ccc(OC)cc2)cc1. The van der Waals surface area contributed by atoms with E-state index in [1.165, 1.54) is 16.2 Å². The number of aromatic nitrogens is 1. The van der Waals surface area contributed by atoms with Crippen LogP contribution in [0.4, 0.5) is 5.13 Å². The topological polar surface area (TPSA) is 89.0 Å². The van der Waals surface area contributed by atoms with Crippen LogP contribution in [0.2, 0.25) is 0 Å². The van der Waals surface area contributed by atoms with E-state index in [4.69, 9.17) is 9.47 Å². The van der Waals surface area contributed by atoms with E-state index in [2.05, 4.69) is 18.0 Å². The van der Waals surface area contributed by atoms with Gasteiger partial charge in [-0.2, -0.15) is 0 Å². The average molecular weight is 515 g/mol. The minimum Gasteiger partial charge on any atom is -0.507 e. The Labute approximate surface area is 218 Å². The molecule has 2 heterocycles. The van der Waals surface area contributed by atoms with E-state index in [-0.39, 0.29) is 11.3 Å². The minimum absolute atomic E-state index is 0.00725. The summed E-state index contributed by atoms with van der Waals surface area (Å²) in [6.45, 7) is 4.47. The summed E-state index contributed by atoms with van der Waals surface area (Å²) in [6.07, 6.45) is 0.877. The molecule has 1 amide bonds. The van der Waals surface area contributed by atoms with Crippen molar-refractivity contribution in [2.24, 2.45) is 0 Å². The fraction of sp³-hybridized carbons (Fsp3) is 0.207. The normalized spacial score (nSPS) is 16.9. The van der Waals surface area contributed by atoms with Gasteiger partial charge in [0.1, 0.15) is 17.3 Å². The third-order valence-electron chi connectivity index (χ3n) is 6.37. The number of aryl methyl sites for hydroxylation is 1. The number of Topliss-reactive ketones (excluding diaryl/α,β-unsaturated/α-hetero) is 1. The standard InChI is InChI=1S/C29H26N2O5S/c1-4-17-6-15-22-23(16-17)37-29(30-22)31-25(18-7-11-20(35-3)12-8-18)24(27(33)28(31)34)26(32)19-9-13-21(14-10-19)36-5-2/h6-16,25,32H,4-5H2,1-3H3/b26-24+/t25-/m0/s1. The maximum atomic E-state index is 13.5. The fourth-order valence-electron chi connectivity index (χ4n) is 4.44. The summed E-state index contributed by atoms with van der Waals surface area (Å²) >= 11 is 1.35. The number of carbonyl (C=O) groups is 2. The van der Waals surface area contributed by atoms with E-state index in [0.29, 0.717) is 34.4 Å². The van der Waals surface area contributed by atoms with Crippen molar-refractivity contribution in [1.82, 2.24) is 4.98 Å². The maximum absolute atomic E-state index is 13.5. The van der Waals surface area contributed by atoms with Gasteiger partial charge in [-0.1, -0.05) is 36.5 Å². The van der Waals surface area contributed by atoms with Crippen LogP contribution in [0, 0.1) is 0 Å². The molecule has 188 valence electrons. The molecule has 8 heteroatoms. The molecule has 3 aromatic carbocycles. The van der Waals surface area contributed by atoms with Gasteiger partial charge >= 0.3 is 5.91 Å². The Kier molecular flexibility index (Phi) is 6.67. The predicted octanol–water partition coefficient (Wildman–Crippen LogP) is 5.89. The molecule has 0 bridgehead atoms. The van der Waals surface area contributed by atoms with Crippen molar-refractivity contribution >= 4 is 44.1 Å². The van der Waals surface area contributed by atoms with Crippen LogP contribution in [0.3, 0.4) is 0 Å². The van der Waals surface area contributed by atoms with E-state index in [0.717, 1.165) is 22.2 Å². The number of hydrogen-bond donors (Lipinski definition) is 1. The van der Waals surface area contributed by atoms with Crippen LogP contribution in [-0.4, -0.2) is 35.5 Å². The van der Waals surface area contributed by atoms with Gasteiger partial charge in [-0.25, -0.2) is 4.98 Å². The number of benzene rings is 3. The molecule has 0 spiro atoms. The van der Waals surface area contributed by atoms with Crippen LogP contribution in [0.15, 0.2) is 72.3 Å². The smallest absolute Gasteiger partial charge is 0.301 e. The summed E-state index contributed by atoms with van der Waals surface area (Å²) in [7, 11) is 1.57. The van der Waals surface area contributed by atoms with Crippen molar-refractivity contribution in [1.29, 1.82) is 0 Å². The van der Waals surface area contributed by atoms with Gasteiger partial charge in [0.2, 0.25) is 0 Å². The molecular formula is C29H26N2O5S. The first kappa shape index (κ1) is 24.5. The lowest BCUT2D eigenvalue weighted by Gasteiger charge is -2.23. The summed E-state index contributed by atoms with van der Waals surface area (Å²) < 4.78 is 11.7. The molecule has 1 saturated heterocycles. The highest BCUT2D eigenvalue weighted by Crippen LogP contribution is 2.44. The molecule has 4 aromatic rings. The van der Waals surface area contributed by atoms with Gasteiger partial charge in [-0.15, -0.1) is 0 Å². The number of nitrogens with zero attached hydrogens (tertiary/aromatic N) is 2. The molecule has 0 radical (unpaired) electrons. The van der Waals surface area contributed by atoms with E-state index in [9.17, 15) is 14.7 Å². The van der Waals surface area contributed by atoms with Crippen LogP contribution in [0.25, 0.3) is 16.0 Å². The Bertz CT molecular complexity index is 1510. The summed E-state index contributed by atoms with van der Waals surface area (Å²) in [5, 5.41) is 11.7. The van der Waals surface area contributed by atoms with Crippen LogP contribution in [0.1, 0.15) is 36.6 Å². The van der Waals surface area contributed by atoms with Crippen molar-refractivity contribution < 1.29 is 24.2 Å². The van der Waals surface area contributed by atoms with Gasteiger partial charge in [0.25, 0.3) is 5.78 Å². The second kappa shape index (κ2) is 10.1. The van der Waals surface area contributed by atoms with Gasteiger partial charge in [-0.3, -0.25) is 14.5 Å². The van der Waals surface area contributed by atoms with E-state index < -0.39 is 17.7 Å². The Hall–Kier alpha value is -4.17. The summed E-state index contributed by atoms with van der Waals surface area (Å²) in [4.78, 5) is 32.9. The lowest BCUT2D eigenvalue weighted by Crippen LogP contribution is -2.29. The monoisotopic (exact) mass is 514 g/mol. The largest absolute Gasteiger partial charge is 0.507 e. The highest BCUT2D eigenvalue weighted by Gasteiger charge is 2.48. The number of thiazole rings is 1. The number of hydrogen-bond acceptors (Lipinski definition) is 7. The van der Waals surface area contributed by atoms with Crippen LogP contribution in [-0.2, 0) is 16.0 Å². The molecule has 1 aliphatic heterocycles. The Morgan fingerprint density at radius 1 is 1.00 bits per heavy atom. The third kappa shape index (κ3) is 4.44. The van der Waals surface area contributed by atoms with E-state index in [1.54, 1.807) is 55.6 Å². The molecule has 5 rings (SSSR count). The molecule has 1 N–H and O–H groups in total. The summed E-state index contributed by atoms with van der Waals surface area (Å²) in [5.41, 5.74) is 2.98. The molecule has 0 aliphatic carbocycles. The number of anilines is 1. The van der Waals surface area contributed by atoms with E-state index >= 15 is 0 Å². The number of methoxy groups -OCH3 is 1. The zero-order valence-corrected chi connectivity index (χ0v) is 21.5. The quantitative estimate of drug-likeness (QED) is 0.188. The van der Waals surface area contributed by atoms with Gasteiger partial charge in [0.15, 0.2) is 5.13 Å². The molecular weight excluding hydrogens is 488 g/mol. The number of aliphatic hydroxyl groups is 1. The lowest BCUT2D eigenvalue weighted by molar-refractivity contribution is -0.132. The first-order valence-electron chi connectivity index (χ1n) is 12.0. The minimum atomic E-state index is -0.858. The third-order valence-corrected chi connectivity index (χ3v) is 7.39. The highest BCUT2D eigenvalue weighted by molar-refractivity contribution is 7.22. The zero-order valence-electron chi connectivity index (χ0n) is 20.7. The number of rotatable bonds is 7. The summed E-state index contributed by atoms with van der Waals surface area (Å²) in [6, 6.07) is 19.0. The number of ether oxygens (including phenoxy) is 2. The Morgan fingerprint density at radius 3 is 2.35 bits per heavy atom. The Balaban J connectivity index is 1.67. The second-order valence-electron chi connectivity index (χ2n) is 8.55.